The van der Waals surface area contributed by atoms with Gasteiger partial charge in [0.25, 0.3) is 0 Å². The molecule has 7 nitrogen and oxygen atoms in total. The lowest BCUT2D eigenvalue weighted by Crippen LogP contribution is -2.56. The highest BCUT2D eigenvalue weighted by Gasteiger charge is 2.73. The molecule has 41 heavy (non-hydrogen) atoms. The number of halogens is 2. The van der Waals surface area contributed by atoms with E-state index in [1.807, 2.05) is 48.5 Å². The number of ether oxygens (including phenoxy) is 2. The van der Waals surface area contributed by atoms with Crippen LogP contribution in [0.25, 0.3) is 0 Å². The van der Waals surface area contributed by atoms with Gasteiger partial charge >= 0.3 is 5.97 Å². The van der Waals surface area contributed by atoms with Gasteiger partial charge < -0.3 is 9.47 Å². The van der Waals surface area contributed by atoms with Gasteiger partial charge in [-0.1, -0.05) is 94.2 Å². The SMILES string of the molecule is COc1ccc(C(=O)COC(=O)[C@@H](C(C)C)N2C(=O)[C@@H]3[C@@H](C2=O)C2(Br)c4ccccc4C3(Br)c3ccccc32)cc1. The van der Waals surface area contributed by atoms with Crippen LogP contribution in [0.15, 0.2) is 72.8 Å². The highest BCUT2D eigenvalue weighted by atomic mass is 79.9. The third-order valence-corrected chi connectivity index (χ3v) is 11.2. The second-order valence-electron chi connectivity index (χ2n) is 11.0. The average molecular weight is 681 g/mol. The summed E-state index contributed by atoms with van der Waals surface area (Å²) in [5, 5.41) is 0. The molecule has 9 heteroatoms. The molecule has 1 fully saturated rings. The number of benzene rings is 3. The molecule has 2 amide bonds. The summed E-state index contributed by atoms with van der Waals surface area (Å²) in [5.74, 6) is -3.53. The molecule has 3 aromatic rings. The largest absolute Gasteiger partial charge is 0.497 e. The zero-order chi connectivity index (χ0) is 29.3. The number of esters is 1. The first-order valence-corrected chi connectivity index (χ1v) is 14.9. The highest BCUT2D eigenvalue weighted by molar-refractivity contribution is 9.10. The number of imide groups is 1. The van der Waals surface area contributed by atoms with E-state index in [0.29, 0.717) is 11.3 Å². The average Bonchev–Trinajstić information content (AvgIpc) is 3.25. The summed E-state index contributed by atoms with van der Waals surface area (Å²) in [6.45, 7) is 3.00. The Balaban J connectivity index is 1.35. The van der Waals surface area contributed by atoms with Crippen molar-refractivity contribution in [3.8, 4) is 5.75 Å². The summed E-state index contributed by atoms with van der Waals surface area (Å²) in [6.07, 6.45) is 0. The topological polar surface area (TPSA) is 90.0 Å². The summed E-state index contributed by atoms with van der Waals surface area (Å²) < 4.78 is 8.66. The monoisotopic (exact) mass is 679 g/mol. The Labute approximate surface area is 254 Å². The smallest absolute Gasteiger partial charge is 0.330 e. The molecule has 1 saturated heterocycles. The van der Waals surface area contributed by atoms with E-state index < -0.39 is 62.6 Å². The maximum Gasteiger partial charge on any atom is 0.330 e. The Kier molecular flexibility index (Phi) is 6.73. The van der Waals surface area contributed by atoms with Gasteiger partial charge in [-0.25, -0.2) is 4.79 Å². The highest BCUT2D eigenvalue weighted by Crippen LogP contribution is 2.70. The second kappa shape index (κ2) is 9.91. The van der Waals surface area contributed by atoms with Crippen LogP contribution < -0.4 is 4.74 Å². The number of amides is 2. The summed E-state index contributed by atoms with van der Waals surface area (Å²) in [7, 11) is 1.53. The van der Waals surface area contributed by atoms with Crippen molar-refractivity contribution in [1.29, 1.82) is 0 Å². The lowest BCUT2D eigenvalue weighted by molar-refractivity contribution is -0.160. The van der Waals surface area contributed by atoms with Gasteiger partial charge in [-0.05, 0) is 52.4 Å². The number of carbonyl (C=O) groups excluding carboxylic acids is 4. The molecule has 0 unspecified atom stereocenters. The fourth-order valence-electron chi connectivity index (χ4n) is 6.72. The van der Waals surface area contributed by atoms with Crippen molar-refractivity contribution < 1.29 is 28.7 Å². The van der Waals surface area contributed by atoms with Crippen molar-refractivity contribution in [2.75, 3.05) is 13.7 Å². The fourth-order valence-corrected chi connectivity index (χ4v) is 9.02. The van der Waals surface area contributed by atoms with Crippen LogP contribution in [0.5, 0.6) is 5.75 Å². The number of methoxy groups -OCH3 is 1. The van der Waals surface area contributed by atoms with E-state index >= 15 is 0 Å². The molecule has 4 aliphatic rings. The van der Waals surface area contributed by atoms with Crippen LogP contribution in [-0.2, 0) is 27.8 Å². The molecule has 0 radical (unpaired) electrons. The van der Waals surface area contributed by atoms with E-state index in [1.165, 1.54) is 7.11 Å². The Hall–Kier alpha value is -3.30. The number of nitrogens with zero attached hydrogens (tertiary/aromatic N) is 1. The van der Waals surface area contributed by atoms with Gasteiger partial charge in [-0.15, -0.1) is 0 Å². The van der Waals surface area contributed by atoms with Crippen molar-refractivity contribution >= 4 is 55.4 Å². The van der Waals surface area contributed by atoms with Crippen molar-refractivity contribution in [3.63, 3.8) is 0 Å². The van der Waals surface area contributed by atoms with E-state index in [1.54, 1.807) is 38.1 Å². The number of rotatable bonds is 7. The van der Waals surface area contributed by atoms with Crippen molar-refractivity contribution in [2.45, 2.75) is 28.5 Å². The van der Waals surface area contributed by atoms with Gasteiger partial charge in [0.15, 0.2) is 12.4 Å². The summed E-state index contributed by atoms with van der Waals surface area (Å²) in [6, 6.07) is 20.9. The minimum Gasteiger partial charge on any atom is -0.497 e. The molecule has 0 N–H and O–H groups in total. The third-order valence-electron chi connectivity index (χ3n) is 8.53. The Morgan fingerprint density at radius 3 is 1.63 bits per heavy atom. The van der Waals surface area contributed by atoms with E-state index in [-0.39, 0.29) is 0 Å². The summed E-state index contributed by atoms with van der Waals surface area (Å²) >= 11 is 7.95. The molecule has 3 aliphatic carbocycles. The Morgan fingerprint density at radius 2 is 1.24 bits per heavy atom. The molecule has 0 spiro atoms. The number of Topliss-reactive ketones (excluding diaryl/α,β-unsaturated/α-hetero) is 1. The maximum atomic E-state index is 14.3. The maximum absolute atomic E-state index is 14.3. The van der Waals surface area contributed by atoms with Crippen molar-refractivity contribution in [3.05, 3.63) is 101 Å². The predicted molar refractivity (Wildman–Crippen MR) is 158 cm³/mol. The minimum absolute atomic E-state index is 0.355. The van der Waals surface area contributed by atoms with Crippen LogP contribution in [-0.4, -0.2) is 48.2 Å². The molecule has 1 aliphatic heterocycles. The molecule has 1 heterocycles. The quantitative estimate of drug-likeness (QED) is 0.145. The number of alkyl halides is 2. The molecule has 0 saturated carbocycles. The number of ketones is 1. The summed E-state index contributed by atoms with van der Waals surface area (Å²) in [5.41, 5.74) is 4.00. The van der Waals surface area contributed by atoms with Gasteiger partial charge in [0.05, 0.1) is 27.6 Å². The lowest BCUT2D eigenvalue weighted by Gasteiger charge is -2.55. The summed E-state index contributed by atoms with van der Waals surface area (Å²) in [4.78, 5) is 56.0. The van der Waals surface area contributed by atoms with E-state index in [2.05, 4.69) is 31.9 Å². The van der Waals surface area contributed by atoms with Crippen LogP contribution in [0.4, 0.5) is 0 Å². The molecular formula is C32H27Br2NO6. The number of hydrogen-bond acceptors (Lipinski definition) is 6. The van der Waals surface area contributed by atoms with Gasteiger partial charge in [0, 0.05) is 5.56 Å². The molecule has 2 bridgehead atoms. The normalized spacial score (nSPS) is 26.3. The predicted octanol–water partition coefficient (Wildman–Crippen LogP) is 5.35. The Morgan fingerprint density at radius 1 is 0.805 bits per heavy atom. The Bertz CT molecular complexity index is 1480. The zero-order valence-corrected chi connectivity index (χ0v) is 25.8. The van der Waals surface area contributed by atoms with Crippen LogP contribution in [0, 0.1) is 17.8 Å². The number of carbonyl (C=O) groups is 4. The third kappa shape index (κ3) is 3.81. The second-order valence-corrected chi connectivity index (χ2v) is 13.5. The molecule has 3 atom stereocenters. The molecule has 3 aromatic carbocycles. The van der Waals surface area contributed by atoms with Crippen LogP contribution in [0.3, 0.4) is 0 Å². The van der Waals surface area contributed by atoms with Gasteiger partial charge in [-0.2, -0.15) is 0 Å². The molecule has 0 aromatic heterocycles. The standard InChI is InChI=1S/C32H27Br2NO6/c1-17(2)27(30(39)41-16-24(36)18-12-14-19(40-3)15-13-18)35-28(37)25-26(29(35)38)32(34)21-9-5-4-8-20(21)31(25,33)22-10-6-7-11-23(22)32/h4-15,17,25-27H,16H2,1-3H3/t25-,26-,27+,31?,32?/m0/s1. The van der Waals surface area contributed by atoms with Crippen molar-refractivity contribution in [2.24, 2.45) is 17.8 Å². The van der Waals surface area contributed by atoms with Gasteiger partial charge in [-0.3, -0.25) is 19.3 Å². The van der Waals surface area contributed by atoms with Gasteiger partial charge in [0.2, 0.25) is 11.8 Å². The number of hydrogen-bond donors (Lipinski definition) is 0. The van der Waals surface area contributed by atoms with Crippen LogP contribution in [0.2, 0.25) is 0 Å². The van der Waals surface area contributed by atoms with Crippen LogP contribution >= 0.6 is 31.9 Å². The first kappa shape index (κ1) is 27.8. The first-order valence-electron chi connectivity index (χ1n) is 13.3. The van der Waals surface area contributed by atoms with E-state index in [9.17, 15) is 19.2 Å². The number of likely N-dealkylation sites (tertiary alicyclic amines) is 1. The van der Waals surface area contributed by atoms with Crippen molar-refractivity contribution in [1.82, 2.24) is 4.90 Å². The zero-order valence-electron chi connectivity index (χ0n) is 22.6. The molecule has 7 rings (SSSR count). The minimum atomic E-state index is -1.19. The molecule has 210 valence electrons. The van der Waals surface area contributed by atoms with Gasteiger partial charge in [0.1, 0.15) is 11.8 Å². The van der Waals surface area contributed by atoms with Crippen LogP contribution in [0.1, 0.15) is 46.5 Å². The first-order chi connectivity index (χ1) is 19.6. The van der Waals surface area contributed by atoms with E-state index in [4.69, 9.17) is 9.47 Å². The lowest BCUT2D eigenvalue weighted by atomic mass is 9.54. The fraction of sp³-hybridized carbons (Fsp3) is 0.312. The van der Waals surface area contributed by atoms with E-state index in [0.717, 1.165) is 27.2 Å². The molecular weight excluding hydrogens is 654 g/mol.